The number of nitrogens with zero attached hydrogens (tertiary/aromatic N) is 1. The molecule has 1 amide bonds. The van der Waals surface area contributed by atoms with E-state index >= 15 is 0 Å². The monoisotopic (exact) mass is 444 g/mol. The van der Waals surface area contributed by atoms with Crippen LogP contribution in [0, 0.1) is 0 Å². The molecule has 4 aromatic carbocycles. The molecule has 1 N–H and O–H groups in total. The fourth-order valence-corrected chi connectivity index (χ4v) is 3.93. The van der Waals surface area contributed by atoms with Crippen molar-refractivity contribution in [2.24, 2.45) is 4.99 Å². The zero-order chi connectivity index (χ0) is 23.6. The van der Waals surface area contributed by atoms with Gasteiger partial charge in [-0.1, -0.05) is 127 Å². The molecule has 0 aliphatic carbocycles. The zero-order valence-corrected chi connectivity index (χ0v) is 19.0. The summed E-state index contributed by atoms with van der Waals surface area (Å²) in [6, 6.07) is 39.1. The molecule has 0 radical (unpaired) electrons. The van der Waals surface area contributed by atoms with Crippen molar-refractivity contribution in [2.45, 2.75) is 18.5 Å². The van der Waals surface area contributed by atoms with Gasteiger partial charge in [-0.15, -0.1) is 6.58 Å². The molecule has 0 spiro atoms. The maximum atomic E-state index is 13.6. The van der Waals surface area contributed by atoms with Crippen molar-refractivity contribution in [2.75, 3.05) is 0 Å². The summed E-state index contributed by atoms with van der Waals surface area (Å²) in [5.41, 5.74) is 4.78. The lowest BCUT2D eigenvalue weighted by Gasteiger charge is -2.22. The molecule has 3 heteroatoms. The predicted molar refractivity (Wildman–Crippen MR) is 140 cm³/mol. The number of nitrogens with one attached hydrogen (secondary N) is 1. The molecular weight excluding hydrogens is 416 g/mol. The van der Waals surface area contributed by atoms with Crippen LogP contribution < -0.4 is 5.32 Å². The average Bonchev–Trinajstić information content (AvgIpc) is 2.91. The number of benzene rings is 4. The van der Waals surface area contributed by atoms with Crippen LogP contribution in [0.5, 0.6) is 0 Å². The van der Waals surface area contributed by atoms with Crippen molar-refractivity contribution in [3.05, 3.63) is 156 Å². The lowest BCUT2D eigenvalue weighted by Crippen LogP contribution is -2.37. The molecule has 0 saturated carbocycles. The van der Waals surface area contributed by atoms with Gasteiger partial charge < -0.3 is 5.32 Å². The molecule has 34 heavy (non-hydrogen) atoms. The Morgan fingerprint density at radius 1 is 0.706 bits per heavy atom. The van der Waals surface area contributed by atoms with Crippen LogP contribution in [0.3, 0.4) is 0 Å². The number of carbonyl (C=O) groups excluding carboxylic acids is 1. The van der Waals surface area contributed by atoms with Gasteiger partial charge in [-0.3, -0.25) is 9.79 Å². The molecule has 0 aliphatic rings. The van der Waals surface area contributed by atoms with Gasteiger partial charge >= 0.3 is 0 Å². The summed E-state index contributed by atoms with van der Waals surface area (Å²) < 4.78 is 0. The summed E-state index contributed by atoms with van der Waals surface area (Å²) in [5, 5.41) is 3.25. The highest BCUT2D eigenvalue weighted by Crippen LogP contribution is 2.23. The molecule has 0 fully saturated rings. The van der Waals surface area contributed by atoms with Gasteiger partial charge in [-0.05, 0) is 17.5 Å². The van der Waals surface area contributed by atoms with E-state index in [-0.39, 0.29) is 11.9 Å². The molecule has 4 aromatic rings. The van der Waals surface area contributed by atoms with Gasteiger partial charge in [0.25, 0.3) is 0 Å². The van der Waals surface area contributed by atoms with E-state index in [9.17, 15) is 4.79 Å². The maximum Gasteiger partial charge on any atom is 0.245 e. The number of hydrogen-bond acceptors (Lipinski definition) is 2. The molecule has 0 unspecified atom stereocenters. The van der Waals surface area contributed by atoms with Gasteiger partial charge in [0.1, 0.15) is 6.04 Å². The first kappa shape index (κ1) is 22.9. The van der Waals surface area contributed by atoms with Crippen molar-refractivity contribution >= 4 is 11.6 Å². The van der Waals surface area contributed by atoms with Crippen LogP contribution in [0.15, 0.2) is 139 Å². The molecule has 0 aliphatic heterocycles. The minimum absolute atomic E-state index is 0.137. The normalized spacial score (nSPS) is 11.4. The average molecular weight is 445 g/mol. The topological polar surface area (TPSA) is 41.5 Å². The standard InChI is InChI=1S/C31H28N2O/c1-2-15-28(32-29(24-16-7-3-8-17-24)25-18-9-4-10-19-25)31(34)33-30(26-20-11-5-12-21-26)27-22-13-6-14-23-27/h2-14,16-23,28,30H,1,15H2,(H,33,34)/t28-/m1/s1. The van der Waals surface area contributed by atoms with Crippen LogP contribution in [-0.4, -0.2) is 17.7 Å². The smallest absolute Gasteiger partial charge is 0.245 e. The van der Waals surface area contributed by atoms with Crippen LogP contribution >= 0.6 is 0 Å². The van der Waals surface area contributed by atoms with E-state index in [1.807, 2.05) is 121 Å². The van der Waals surface area contributed by atoms with Gasteiger partial charge in [0.05, 0.1) is 11.8 Å². The van der Waals surface area contributed by atoms with Crippen LogP contribution in [-0.2, 0) is 4.79 Å². The van der Waals surface area contributed by atoms with Crippen LogP contribution in [0.1, 0.15) is 34.7 Å². The Bertz CT molecular complexity index is 1140. The van der Waals surface area contributed by atoms with E-state index in [0.29, 0.717) is 6.42 Å². The molecule has 168 valence electrons. The van der Waals surface area contributed by atoms with Gasteiger partial charge in [-0.25, -0.2) is 0 Å². The molecule has 0 saturated heterocycles. The van der Waals surface area contributed by atoms with Crippen molar-refractivity contribution in [1.29, 1.82) is 0 Å². The second-order valence-electron chi connectivity index (χ2n) is 8.01. The van der Waals surface area contributed by atoms with Gasteiger partial charge in [0, 0.05) is 11.1 Å². The molecule has 3 nitrogen and oxygen atoms in total. The second-order valence-corrected chi connectivity index (χ2v) is 8.01. The van der Waals surface area contributed by atoms with Crippen molar-refractivity contribution in [3.63, 3.8) is 0 Å². The Kier molecular flexibility index (Phi) is 7.81. The first-order chi connectivity index (χ1) is 16.8. The predicted octanol–water partition coefficient (Wildman–Crippen LogP) is 6.37. The fourth-order valence-electron chi connectivity index (χ4n) is 3.93. The number of aliphatic imine (C=N–C) groups is 1. The summed E-state index contributed by atoms with van der Waals surface area (Å²) in [6.45, 7) is 3.88. The third-order valence-electron chi connectivity index (χ3n) is 5.62. The third-order valence-corrected chi connectivity index (χ3v) is 5.62. The maximum absolute atomic E-state index is 13.6. The van der Waals surface area contributed by atoms with Crippen LogP contribution in [0.25, 0.3) is 0 Å². The summed E-state index contributed by atoms with van der Waals surface area (Å²) in [4.78, 5) is 18.6. The molecule has 4 rings (SSSR count). The second kappa shape index (κ2) is 11.6. The quantitative estimate of drug-likeness (QED) is 0.236. The van der Waals surface area contributed by atoms with Gasteiger partial charge in [0.15, 0.2) is 0 Å². The zero-order valence-electron chi connectivity index (χ0n) is 19.0. The van der Waals surface area contributed by atoms with E-state index in [1.54, 1.807) is 6.08 Å². The number of carbonyl (C=O) groups is 1. The Morgan fingerprint density at radius 2 is 1.12 bits per heavy atom. The van der Waals surface area contributed by atoms with E-state index in [2.05, 4.69) is 11.9 Å². The lowest BCUT2D eigenvalue weighted by atomic mass is 9.98. The highest BCUT2D eigenvalue weighted by atomic mass is 16.2. The Hall–Kier alpha value is -4.24. The molecule has 0 aromatic heterocycles. The largest absolute Gasteiger partial charge is 0.343 e. The Labute approximate surface area is 201 Å². The summed E-state index contributed by atoms with van der Waals surface area (Å²) in [6.07, 6.45) is 2.19. The molecular formula is C31H28N2O. The van der Waals surface area contributed by atoms with E-state index < -0.39 is 6.04 Å². The Morgan fingerprint density at radius 3 is 1.53 bits per heavy atom. The summed E-state index contributed by atoms with van der Waals surface area (Å²) >= 11 is 0. The van der Waals surface area contributed by atoms with Gasteiger partial charge in [-0.2, -0.15) is 0 Å². The van der Waals surface area contributed by atoms with E-state index in [1.165, 1.54) is 0 Å². The van der Waals surface area contributed by atoms with Gasteiger partial charge in [0.2, 0.25) is 5.91 Å². The van der Waals surface area contributed by atoms with Crippen molar-refractivity contribution in [1.82, 2.24) is 5.32 Å². The van der Waals surface area contributed by atoms with Crippen LogP contribution in [0.2, 0.25) is 0 Å². The minimum Gasteiger partial charge on any atom is -0.343 e. The van der Waals surface area contributed by atoms with Crippen molar-refractivity contribution < 1.29 is 4.79 Å². The van der Waals surface area contributed by atoms with Crippen LogP contribution in [0.4, 0.5) is 0 Å². The SMILES string of the molecule is C=CC[C@@H](N=C(c1ccccc1)c1ccccc1)C(=O)NC(c1ccccc1)c1ccccc1. The fraction of sp³-hybridized carbons (Fsp3) is 0.0968. The Balaban J connectivity index is 1.70. The third kappa shape index (κ3) is 5.76. The number of rotatable bonds is 9. The highest BCUT2D eigenvalue weighted by molar-refractivity contribution is 6.13. The number of hydrogen-bond donors (Lipinski definition) is 1. The van der Waals surface area contributed by atoms with Crippen molar-refractivity contribution in [3.8, 4) is 0 Å². The summed E-state index contributed by atoms with van der Waals surface area (Å²) in [7, 11) is 0. The first-order valence-electron chi connectivity index (χ1n) is 11.5. The lowest BCUT2D eigenvalue weighted by molar-refractivity contribution is -0.122. The summed E-state index contributed by atoms with van der Waals surface area (Å²) in [5.74, 6) is -0.137. The molecule has 1 atom stereocenters. The first-order valence-corrected chi connectivity index (χ1v) is 11.5. The van der Waals surface area contributed by atoms with E-state index in [0.717, 1.165) is 28.0 Å². The minimum atomic E-state index is -0.608. The molecule has 0 bridgehead atoms. The van der Waals surface area contributed by atoms with E-state index in [4.69, 9.17) is 4.99 Å². The number of amides is 1. The molecule has 0 heterocycles. The highest BCUT2D eigenvalue weighted by Gasteiger charge is 2.23.